The molecule has 0 aromatic heterocycles. The molecule has 1 heterocycles. The van der Waals surface area contributed by atoms with E-state index in [1.807, 2.05) is 0 Å². The van der Waals surface area contributed by atoms with Crippen molar-refractivity contribution in [1.29, 1.82) is 0 Å². The van der Waals surface area contributed by atoms with Crippen LogP contribution in [0.4, 0.5) is 0 Å². The molecule has 0 aromatic carbocycles. The summed E-state index contributed by atoms with van der Waals surface area (Å²) in [5, 5.41) is 3.57. The SMILES string of the molecule is CCC1(N2CCNC(C)(C)C2)CC1. The molecule has 13 heavy (non-hydrogen) atoms. The van der Waals surface area contributed by atoms with E-state index < -0.39 is 0 Å². The van der Waals surface area contributed by atoms with Crippen molar-refractivity contribution >= 4 is 0 Å². The Morgan fingerprint density at radius 2 is 2.00 bits per heavy atom. The van der Waals surface area contributed by atoms with Crippen LogP contribution in [0, 0.1) is 0 Å². The van der Waals surface area contributed by atoms with Crippen molar-refractivity contribution in [3.8, 4) is 0 Å². The molecule has 1 aliphatic heterocycles. The Hall–Kier alpha value is -0.0800. The number of rotatable bonds is 2. The smallest absolute Gasteiger partial charge is 0.0252 e. The molecule has 2 fully saturated rings. The molecule has 0 unspecified atom stereocenters. The van der Waals surface area contributed by atoms with E-state index in [0.29, 0.717) is 11.1 Å². The van der Waals surface area contributed by atoms with Crippen LogP contribution in [0.2, 0.25) is 0 Å². The third-order valence-corrected chi connectivity index (χ3v) is 3.73. The van der Waals surface area contributed by atoms with Gasteiger partial charge in [-0.15, -0.1) is 0 Å². The van der Waals surface area contributed by atoms with Crippen molar-refractivity contribution in [2.24, 2.45) is 0 Å². The fourth-order valence-corrected chi connectivity index (χ4v) is 2.58. The molecule has 0 atom stereocenters. The number of piperazine rings is 1. The summed E-state index contributed by atoms with van der Waals surface area (Å²) in [6, 6.07) is 0. The third kappa shape index (κ3) is 1.75. The second kappa shape index (κ2) is 2.96. The zero-order chi connectivity index (χ0) is 9.53. The largest absolute Gasteiger partial charge is 0.309 e. The second-order valence-electron chi connectivity index (χ2n) is 5.31. The lowest BCUT2D eigenvalue weighted by molar-refractivity contribution is 0.0927. The lowest BCUT2D eigenvalue weighted by atomic mass is 9.99. The average Bonchev–Trinajstić information content (AvgIpc) is 2.82. The van der Waals surface area contributed by atoms with Gasteiger partial charge in [-0.25, -0.2) is 0 Å². The Bertz CT molecular complexity index is 194. The number of nitrogens with one attached hydrogen (secondary N) is 1. The summed E-state index contributed by atoms with van der Waals surface area (Å²) in [6.45, 7) is 10.6. The summed E-state index contributed by atoms with van der Waals surface area (Å²) in [5.41, 5.74) is 0.933. The van der Waals surface area contributed by atoms with E-state index in [0.717, 1.165) is 6.54 Å². The maximum Gasteiger partial charge on any atom is 0.0252 e. The van der Waals surface area contributed by atoms with E-state index in [4.69, 9.17) is 0 Å². The van der Waals surface area contributed by atoms with Gasteiger partial charge in [-0.05, 0) is 33.1 Å². The lowest BCUT2D eigenvalue weighted by Crippen LogP contribution is -2.60. The highest BCUT2D eigenvalue weighted by Crippen LogP contribution is 2.45. The number of hydrogen-bond donors (Lipinski definition) is 1. The second-order valence-corrected chi connectivity index (χ2v) is 5.31. The molecule has 2 nitrogen and oxygen atoms in total. The Balaban J connectivity index is 2.00. The topological polar surface area (TPSA) is 15.3 Å². The van der Waals surface area contributed by atoms with E-state index in [2.05, 4.69) is 31.0 Å². The lowest BCUT2D eigenvalue weighted by Gasteiger charge is -2.43. The zero-order valence-corrected chi connectivity index (χ0v) is 9.19. The van der Waals surface area contributed by atoms with Gasteiger partial charge < -0.3 is 5.32 Å². The molecule has 0 radical (unpaired) electrons. The maximum absolute atomic E-state index is 3.57. The Morgan fingerprint density at radius 1 is 1.31 bits per heavy atom. The van der Waals surface area contributed by atoms with Crippen LogP contribution in [0.3, 0.4) is 0 Å². The van der Waals surface area contributed by atoms with E-state index in [-0.39, 0.29) is 0 Å². The Kier molecular flexibility index (Phi) is 2.16. The number of nitrogens with zero attached hydrogens (tertiary/aromatic N) is 1. The standard InChI is InChI=1S/C11H22N2/c1-4-11(5-6-11)13-8-7-12-10(2,3)9-13/h12H,4-9H2,1-3H3. The molecular weight excluding hydrogens is 160 g/mol. The van der Waals surface area contributed by atoms with E-state index in [1.165, 1.54) is 32.4 Å². The minimum atomic E-state index is 0.322. The van der Waals surface area contributed by atoms with Gasteiger partial charge in [0.25, 0.3) is 0 Å². The average molecular weight is 182 g/mol. The molecule has 76 valence electrons. The predicted octanol–water partition coefficient (Wildman–Crippen LogP) is 1.61. The molecular formula is C11H22N2. The quantitative estimate of drug-likeness (QED) is 0.698. The normalized spacial score (nSPS) is 31.6. The molecule has 0 spiro atoms. The van der Waals surface area contributed by atoms with Crippen LogP contribution >= 0.6 is 0 Å². The Labute approximate surface area is 81.7 Å². The third-order valence-electron chi connectivity index (χ3n) is 3.73. The molecule has 0 bridgehead atoms. The molecule has 1 saturated heterocycles. The Morgan fingerprint density at radius 3 is 2.46 bits per heavy atom. The highest BCUT2D eigenvalue weighted by molar-refractivity contribution is 5.06. The molecule has 0 amide bonds. The molecule has 0 aromatic rings. The van der Waals surface area contributed by atoms with Crippen LogP contribution in [0.5, 0.6) is 0 Å². The van der Waals surface area contributed by atoms with Crippen LogP contribution in [0.15, 0.2) is 0 Å². The van der Waals surface area contributed by atoms with Gasteiger partial charge in [0.05, 0.1) is 0 Å². The first kappa shape index (κ1) is 9.47. The van der Waals surface area contributed by atoms with Crippen LogP contribution in [-0.2, 0) is 0 Å². The fraction of sp³-hybridized carbons (Fsp3) is 1.00. The van der Waals surface area contributed by atoms with E-state index in [1.54, 1.807) is 0 Å². The zero-order valence-electron chi connectivity index (χ0n) is 9.19. The van der Waals surface area contributed by atoms with Gasteiger partial charge >= 0.3 is 0 Å². The summed E-state index contributed by atoms with van der Waals surface area (Å²) < 4.78 is 0. The molecule has 2 rings (SSSR count). The summed E-state index contributed by atoms with van der Waals surface area (Å²) in [5.74, 6) is 0. The molecule has 1 saturated carbocycles. The summed E-state index contributed by atoms with van der Waals surface area (Å²) >= 11 is 0. The molecule has 1 aliphatic carbocycles. The first-order chi connectivity index (χ1) is 6.08. The van der Waals surface area contributed by atoms with Crippen molar-refractivity contribution < 1.29 is 0 Å². The number of hydrogen-bond acceptors (Lipinski definition) is 2. The van der Waals surface area contributed by atoms with Gasteiger partial charge in [0.1, 0.15) is 0 Å². The van der Waals surface area contributed by atoms with Gasteiger partial charge in [0, 0.05) is 30.7 Å². The molecule has 2 heteroatoms. The fourth-order valence-electron chi connectivity index (χ4n) is 2.58. The predicted molar refractivity (Wildman–Crippen MR) is 55.9 cm³/mol. The summed E-state index contributed by atoms with van der Waals surface area (Å²) in [6.07, 6.45) is 4.20. The minimum absolute atomic E-state index is 0.322. The van der Waals surface area contributed by atoms with Crippen molar-refractivity contribution in [2.45, 2.75) is 51.1 Å². The van der Waals surface area contributed by atoms with Crippen LogP contribution in [0.1, 0.15) is 40.0 Å². The van der Waals surface area contributed by atoms with E-state index >= 15 is 0 Å². The van der Waals surface area contributed by atoms with Gasteiger partial charge in [-0.3, -0.25) is 4.90 Å². The first-order valence-corrected chi connectivity index (χ1v) is 5.58. The van der Waals surface area contributed by atoms with Gasteiger partial charge in [0.15, 0.2) is 0 Å². The summed E-state index contributed by atoms with van der Waals surface area (Å²) in [4.78, 5) is 2.71. The van der Waals surface area contributed by atoms with Crippen molar-refractivity contribution in [3.63, 3.8) is 0 Å². The van der Waals surface area contributed by atoms with Gasteiger partial charge in [-0.1, -0.05) is 6.92 Å². The van der Waals surface area contributed by atoms with Crippen molar-refractivity contribution in [3.05, 3.63) is 0 Å². The van der Waals surface area contributed by atoms with Crippen LogP contribution < -0.4 is 5.32 Å². The molecule has 2 aliphatic rings. The van der Waals surface area contributed by atoms with Crippen LogP contribution in [0.25, 0.3) is 0 Å². The van der Waals surface area contributed by atoms with E-state index in [9.17, 15) is 0 Å². The van der Waals surface area contributed by atoms with Crippen LogP contribution in [-0.4, -0.2) is 35.6 Å². The molecule has 1 N–H and O–H groups in total. The minimum Gasteiger partial charge on any atom is -0.309 e. The van der Waals surface area contributed by atoms with Gasteiger partial charge in [0.2, 0.25) is 0 Å². The monoisotopic (exact) mass is 182 g/mol. The van der Waals surface area contributed by atoms with Crippen molar-refractivity contribution in [2.75, 3.05) is 19.6 Å². The van der Waals surface area contributed by atoms with Crippen molar-refractivity contribution in [1.82, 2.24) is 10.2 Å². The summed E-state index contributed by atoms with van der Waals surface area (Å²) in [7, 11) is 0. The highest BCUT2D eigenvalue weighted by Gasteiger charge is 2.48. The first-order valence-electron chi connectivity index (χ1n) is 5.58. The maximum atomic E-state index is 3.57. The highest BCUT2D eigenvalue weighted by atomic mass is 15.3. The van der Waals surface area contributed by atoms with Gasteiger partial charge in [-0.2, -0.15) is 0 Å².